The van der Waals surface area contributed by atoms with Gasteiger partial charge in [-0.25, -0.2) is 14.4 Å². The summed E-state index contributed by atoms with van der Waals surface area (Å²) < 4.78 is 14.8. The van der Waals surface area contributed by atoms with Crippen molar-refractivity contribution in [2.45, 2.75) is 6.92 Å². The molecular formula is C21H20O8. The number of aliphatic hydroxyl groups is 1. The van der Waals surface area contributed by atoms with Crippen LogP contribution >= 0.6 is 0 Å². The molecule has 8 heteroatoms. The fraction of sp³-hybridized carbons (Fsp3) is 0.238. The zero-order valence-corrected chi connectivity index (χ0v) is 15.8. The molecule has 0 saturated heterocycles. The second kappa shape index (κ2) is 10.7. The van der Waals surface area contributed by atoms with Crippen LogP contribution in [0.5, 0.6) is 0 Å². The molecule has 1 N–H and O–H groups in total. The van der Waals surface area contributed by atoms with E-state index in [1.165, 1.54) is 55.5 Å². The quantitative estimate of drug-likeness (QED) is 0.294. The Labute approximate surface area is 167 Å². The van der Waals surface area contributed by atoms with Gasteiger partial charge in [-0.2, -0.15) is 0 Å². The van der Waals surface area contributed by atoms with E-state index in [9.17, 15) is 19.2 Å². The first-order valence-corrected chi connectivity index (χ1v) is 8.75. The monoisotopic (exact) mass is 400 g/mol. The van der Waals surface area contributed by atoms with E-state index < -0.39 is 17.9 Å². The summed E-state index contributed by atoms with van der Waals surface area (Å²) >= 11 is 0. The molecule has 0 heterocycles. The number of hydrogen-bond acceptors (Lipinski definition) is 8. The third kappa shape index (κ3) is 6.54. The molecule has 29 heavy (non-hydrogen) atoms. The van der Waals surface area contributed by atoms with Gasteiger partial charge in [-0.1, -0.05) is 12.1 Å². The van der Waals surface area contributed by atoms with Crippen molar-refractivity contribution in [2.75, 3.05) is 26.4 Å². The van der Waals surface area contributed by atoms with Crippen molar-refractivity contribution in [3.63, 3.8) is 0 Å². The Balaban J connectivity index is 1.77. The maximum atomic E-state index is 12.0. The van der Waals surface area contributed by atoms with Crippen molar-refractivity contribution in [2.24, 2.45) is 0 Å². The third-order valence-electron chi connectivity index (χ3n) is 3.76. The zero-order valence-electron chi connectivity index (χ0n) is 15.8. The minimum atomic E-state index is -0.637. The first-order valence-electron chi connectivity index (χ1n) is 8.75. The molecule has 0 radical (unpaired) electrons. The highest BCUT2D eigenvalue weighted by Gasteiger charge is 2.12. The Hall–Kier alpha value is -3.52. The molecule has 0 aliphatic carbocycles. The number of Topliss-reactive ketones (excluding diaryl/α,β-unsaturated/α-hetero) is 1. The molecule has 0 aliphatic rings. The van der Waals surface area contributed by atoms with Gasteiger partial charge in [0, 0.05) is 5.56 Å². The average molecular weight is 400 g/mol. The van der Waals surface area contributed by atoms with Crippen LogP contribution in [0.2, 0.25) is 0 Å². The van der Waals surface area contributed by atoms with Gasteiger partial charge in [0.05, 0.1) is 23.3 Å². The molecule has 0 amide bonds. The molecule has 2 aromatic carbocycles. The predicted octanol–water partition coefficient (Wildman–Crippen LogP) is 2.05. The molecule has 0 aliphatic heterocycles. The van der Waals surface area contributed by atoms with Crippen LogP contribution in [0.1, 0.15) is 48.4 Å². The van der Waals surface area contributed by atoms with Crippen LogP contribution < -0.4 is 0 Å². The Kier molecular flexibility index (Phi) is 8.05. The fourth-order valence-corrected chi connectivity index (χ4v) is 2.24. The number of ketones is 1. The molecular weight excluding hydrogens is 380 g/mol. The van der Waals surface area contributed by atoms with Crippen molar-refractivity contribution in [3.05, 3.63) is 70.8 Å². The lowest BCUT2D eigenvalue weighted by Gasteiger charge is -2.07. The zero-order chi connectivity index (χ0) is 21.2. The van der Waals surface area contributed by atoms with Gasteiger partial charge >= 0.3 is 17.9 Å². The largest absolute Gasteiger partial charge is 0.460 e. The lowest BCUT2D eigenvalue weighted by atomic mass is 10.1. The van der Waals surface area contributed by atoms with Crippen molar-refractivity contribution in [1.82, 2.24) is 0 Å². The second-order valence-electron chi connectivity index (χ2n) is 5.84. The third-order valence-corrected chi connectivity index (χ3v) is 3.76. The number of hydrogen-bond donors (Lipinski definition) is 1. The van der Waals surface area contributed by atoms with Gasteiger partial charge < -0.3 is 19.3 Å². The first-order chi connectivity index (χ1) is 13.9. The molecule has 0 unspecified atom stereocenters. The van der Waals surface area contributed by atoms with Crippen LogP contribution in [-0.2, 0) is 14.2 Å². The van der Waals surface area contributed by atoms with Crippen molar-refractivity contribution >= 4 is 23.7 Å². The van der Waals surface area contributed by atoms with E-state index in [0.717, 1.165) is 0 Å². The number of esters is 3. The molecule has 0 saturated carbocycles. The van der Waals surface area contributed by atoms with Crippen LogP contribution in [0, 0.1) is 0 Å². The molecule has 2 aromatic rings. The molecule has 2 rings (SSSR count). The van der Waals surface area contributed by atoms with Crippen LogP contribution in [0.15, 0.2) is 48.5 Å². The summed E-state index contributed by atoms with van der Waals surface area (Å²) in [5.41, 5.74) is 1.22. The first kappa shape index (κ1) is 21.8. The summed E-state index contributed by atoms with van der Waals surface area (Å²) in [6.07, 6.45) is 0. The van der Waals surface area contributed by atoms with Gasteiger partial charge in [0.25, 0.3) is 0 Å². The van der Waals surface area contributed by atoms with Crippen molar-refractivity contribution < 1.29 is 38.5 Å². The van der Waals surface area contributed by atoms with E-state index in [1.807, 2.05) is 0 Å². The number of benzene rings is 2. The van der Waals surface area contributed by atoms with Crippen LogP contribution in [0.4, 0.5) is 0 Å². The summed E-state index contributed by atoms with van der Waals surface area (Å²) in [4.78, 5) is 46.7. The van der Waals surface area contributed by atoms with E-state index >= 15 is 0 Å². The van der Waals surface area contributed by atoms with Gasteiger partial charge in [-0.05, 0) is 43.3 Å². The van der Waals surface area contributed by atoms with E-state index in [-0.39, 0.29) is 48.9 Å². The Morgan fingerprint density at radius 3 is 1.24 bits per heavy atom. The van der Waals surface area contributed by atoms with Crippen LogP contribution in [-0.4, -0.2) is 55.2 Å². The SMILES string of the molecule is CC(=O)c1ccc(C(=O)OCCOC(=O)c2ccc(C(=O)OCCO)cc2)cc1. The van der Waals surface area contributed by atoms with Crippen molar-refractivity contribution in [3.8, 4) is 0 Å². The highest BCUT2D eigenvalue weighted by atomic mass is 16.6. The molecule has 0 spiro atoms. The Bertz CT molecular complexity index is 869. The molecule has 8 nitrogen and oxygen atoms in total. The van der Waals surface area contributed by atoms with Crippen LogP contribution in [0.3, 0.4) is 0 Å². The molecule has 0 fully saturated rings. The number of aliphatic hydroxyl groups excluding tert-OH is 1. The molecule has 0 aromatic heterocycles. The number of carbonyl (C=O) groups is 4. The fourth-order valence-electron chi connectivity index (χ4n) is 2.24. The van der Waals surface area contributed by atoms with E-state index in [1.54, 1.807) is 0 Å². The van der Waals surface area contributed by atoms with E-state index in [2.05, 4.69) is 0 Å². The van der Waals surface area contributed by atoms with Gasteiger partial charge in [0.15, 0.2) is 5.78 Å². The summed E-state index contributed by atoms with van der Waals surface area (Å²) in [6, 6.07) is 11.6. The standard InChI is InChI=1S/C21H20O8/c1-14(23)15-2-4-16(5-3-15)20(25)28-12-13-29-21(26)18-8-6-17(7-9-18)19(24)27-11-10-22/h2-9,22H,10-13H2,1H3. The maximum absolute atomic E-state index is 12.0. The number of rotatable bonds is 9. The summed E-state index contributed by atoms with van der Waals surface area (Å²) in [5, 5.41) is 8.63. The Morgan fingerprint density at radius 1 is 0.621 bits per heavy atom. The van der Waals surface area contributed by atoms with E-state index in [4.69, 9.17) is 19.3 Å². The molecule has 0 atom stereocenters. The highest BCUT2D eigenvalue weighted by molar-refractivity contribution is 5.96. The normalized spacial score (nSPS) is 10.1. The molecule has 152 valence electrons. The Morgan fingerprint density at radius 2 is 0.931 bits per heavy atom. The highest BCUT2D eigenvalue weighted by Crippen LogP contribution is 2.09. The summed E-state index contributed by atoms with van der Waals surface area (Å²) in [5.74, 6) is -1.95. The summed E-state index contributed by atoms with van der Waals surface area (Å²) in [7, 11) is 0. The topological polar surface area (TPSA) is 116 Å². The minimum Gasteiger partial charge on any atom is -0.460 e. The minimum absolute atomic E-state index is 0.105. The van der Waals surface area contributed by atoms with Gasteiger partial charge in [0.2, 0.25) is 0 Å². The lowest BCUT2D eigenvalue weighted by molar-refractivity contribution is 0.0265. The predicted molar refractivity (Wildman–Crippen MR) is 101 cm³/mol. The second-order valence-corrected chi connectivity index (χ2v) is 5.84. The maximum Gasteiger partial charge on any atom is 0.338 e. The number of ether oxygens (including phenoxy) is 3. The summed E-state index contributed by atoms with van der Waals surface area (Å²) in [6.45, 7) is 0.770. The average Bonchev–Trinajstić information content (AvgIpc) is 2.74. The van der Waals surface area contributed by atoms with Crippen molar-refractivity contribution in [1.29, 1.82) is 0 Å². The number of carbonyl (C=O) groups excluding carboxylic acids is 4. The van der Waals surface area contributed by atoms with Gasteiger partial charge in [0.1, 0.15) is 19.8 Å². The van der Waals surface area contributed by atoms with E-state index in [0.29, 0.717) is 5.56 Å². The molecule has 0 bridgehead atoms. The van der Waals surface area contributed by atoms with Gasteiger partial charge in [-0.15, -0.1) is 0 Å². The van der Waals surface area contributed by atoms with Gasteiger partial charge in [-0.3, -0.25) is 4.79 Å². The smallest absolute Gasteiger partial charge is 0.338 e. The van der Waals surface area contributed by atoms with Crippen LogP contribution in [0.25, 0.3) is 0 Å². The lowest BCUT2D eigenvalue weighted by Crippen LogP contribution is -2.14.